The van der Waals surface area contributed by atoms with Crippen LogP contribution in [-0.2, 0) is 6.42 Å². The minimum atomic E-state index is 0.635. The Morgan fingerprint density at radius 2 is 2.41 bits per heavy atom. The molecule has 3 heterocycles. The highest BCUT2D eigenvalue weighted by Gasteiger charge is 2.22. The van der Waals surface area contributed by atoms with E-state index in [0.717, 1.165) is 22.8 Å². The molecule has 0 bridgehead atoms. The number of likely N-dealkylation sites (N-methyl/N-ethyl adjacent to an activating group) is 1. The summed E-state index contributed by atoms with van der Waals surface area (Å²) in [5.41, 5.74) is 1.08. The van der Waals surface area contributed by atoms with Crippen LogP contribution < -0.4 is 0 Å². The van der Waals surface area contributed by atoms with Gasteiger partial charge in [0.1, 0.15) is 5.82 Å². The normalized spacial score (nSPS) is 21.4. The van der Waals surface area contributed by atoms with Crippen molar-refractivity contribution in [3.05, 3.63) is 35.4 Å². The van der Waals surface area contributed by atoms with Crippen molar-refractivity contribution in [2.24, 2.45) is 0 Å². The van der Waals surface area contributed by atoms with Crippen LogP contribution in [0.4, 0.5) is 0 Å². The summed E-state index contributed by atoms with van der Waals surface area (Å²) >= 11 is 5.97. The van der Waals surface area contributed by atoms with Gasteiger partial charge in [-0.25, -0.2) is 4.98 Å². The fourth-order valence-electron chi connectivity index (χ4n) is 2.63. The van der Waals surface area contributed by atoms with Gasteiger partial charge in [-0.3, -0.25) is 0 Å². The number of rotatable bonds is 2. The van der Waals surface area contributed by atoms with Crippen molar-refractivity contribution in [3.63, 3.8) is 0 Å². The van der Waals surface area contributed by atoms with Crippen molar-refractivity contribution in [2.75, 3.05) is 13.6 Å². The van der Waals surface area contributed by atoms with Gasteiger partial charge in [0.05, 0.1) is 11.7 Å². The molecule has 0 N–H and O–H groups in total. The molecule has 1 aliphatic rings. The number of aromatic nitrogens is 2. The highest BCUT2D eigenvalue weighted by molar-refractivity contribution is 6.30. The van der Waals surface area contributed by atoms with Crippen LogP contribution in [0.3, 0.4) is 0 Å². The monoisotopic (exact) mass is 249 g/mol. The quantitative estimate of drug-likeness (QED) is 0.816. The zero-order chi connectivity index (χ0) is 11.8. The van der Waals surface area contributed by atoms with Crippen LogP contribution >= 0.6 is 11.6 Å². The molecule has 4 heteroatoms. The lowest BCUT2D eigenvalue weighted by Gasteiger charge is -2.18. The highest BCUT2D eigenvalue weighted by Crippen LogP contribution is 2.20. The molecule has 1 saturated heterocycles. The summed E-state index contributed by atoms with van der Waals surface area (Å²) in [6.45, 7) is 1.21. The molecule has 3 rings (SSSR count). The highest BCUT2D eigenvalue weighted by atomic mass is 35.5. The largest absolute Gasteiger partial charge is 0.304 e. The topological polar surface area (TPSA) is 20.5 Å². The summed E-state index contributed by atoms with van der Waals surface area (Å²) in [5, 5.41) is 0.766. The number of nitrogens with zero attached hydrogens (tertiary/aromatic N) is 3. The van der Waals surface area contributed by atoms with Crippen molar-refractivity contribution >= 4 is 17.1 Å². The number of hydrogen-bond acceptors (Lipinski definition) is 2. The van der Waals surface area contributed by atoms with Crippen molar-refractivity contribution in [2.45, 2.75) is 25.3 Å². The average molecular weight is 250 g/mol. The first kappa shape index (κ1) is 11.1. The molecule has 17 heavy (non-hydrogen) atoms. The van der Waals surface area contributed by atoms with E-state index >= 15 is 0 Å². The first-order valence-electron chi connectivity index (χ1n) is 6.06. The molecule has 0 aromatic carbocycles. The number of halogens is 1. The summed E-state index contributed by atoms with van der Waals surface area (Å²) in [5.74, 6) is 1.13. The minimum absolute atomic E-state index is 0.635. The van der Waals surface area contributed by atoms with Crippen molar-refractivity contribution in [1.82, 2.24) is 14.3 Å². The van der Waals surface area contributed by atoms with E-state index in [4.69, 9.17) is 11.6 Å². The van der Waals surface area contributed by atoms with Gasteiger partial charge < -0.3 is 9.30 Å². The number of likely N-dealkylation sites (tertiary alicyclic amines) is 1. The summed E-state index contributed by atoms with van der Waals surface area (Å²) in [7, 11) is 2.20. The molecular formula is C13H16ClN3. The molecule has 2 aromatic rings. The maximum absolute atomic E-state index is 5.97. The molecule has 1 fully saturated rings. The molecule has 1 unspecified atom stereocenters. The minimum Gasteiger partial charge on any atom is -0.304 e. The van der Waals surface area contributed by atoms with Gasteiger partial charge in [-0.1, -0.05) is 11.6 Å². The maximum Gasteiger partial charge on any atom is 0.114 e. The summed E-state index contributed by atoms with van der Waals surface area (Å²) in [6.07, 6.45) is 7.51. The van der Waals surface area contributed by atoms with Gasteiger partial charge in [-0.05, 0) is 38.6 Å². The molecule has 3 nitrogen and oxygen atoms in total. The predicted octanol–water partition coefficient (Wildman–Crippen LogP) is 2.62. The molecule has 1 aliphatic heterocycles. The molecule has 0 amide bonds. The number of imidazole rings is 1. The van der Waals surface area contributed by atoms with Crippen molar-refractivity contribution in [1.29, 1.82) is 0 Å². The fraction of sp³-hybridized carbons (Fsp3) is 0.462. The van der Waals surface area contributed by atoms with Crippen LogP contribution in [0.25, 0.3) is 5.52 Å². The Kier molecular flexibility index (Phi) is 2.81. The second-order valence-electron chi connectivity index (χ2n) is 4.80. The van der Waals surface area contributed by atoms with Crippen LogP contribution in [0.5, 0.6) is 0 Å². The smallest absolute Gasteiger partial charge is 0.114 e. The van der Waals surface area contributed by atoms with Gasteiger partial charge in [0.2, 0.25) is 0 Å². The van der Waals surface area contributed by atoms with Gasteiger partial charge >= 0.3 is 0 Å². The SMILES string of the molecule is CN1CCCC1Cc1ncc2cc(Cl)ccn12. The van der Waals surface area contributed by atoms with E-state index in [1.807, 2.05) is 24.5 Å². The van der Waals surface area contributed by atoms with Crippen LogP contribution in [0.2, 0.25) is 5.02 Å². The Morgan fingerprint density at radius 3 is 3.18 bits per heavy atom. The third-order valence-electron chi connectivity index (χ3n) is 3.66. The predicted molar refractivity (Wildman–Crippen MR) is 69.6 cm³/mol. The van der Waals surface area contributed by atoms with E-state index in [9.17, 15) is 0 Å². The van der Waals surface area contributed by atoms with Crippen LogP contribution in [0.15, 0.2) is 24.5 Å². The van der Waals surface area contributed by atoms with Crippen molar-refractivity contribution < 1.29 is 0 Å². The zero-order valence-corrected chi connectivity index (χ0v) is 10.7. The number of pyridine rings is 1. The molecule has 2 aromatic heterocycles. The van der Waals surface area contributed by atoms with Crippen LogP contribution in [-0.4, -0.2) is 33.9 Å². The van der Waals surface area contributed by atoms with E-state index in [2.05, 4.69) is 21.3 Å². The maximum atomic E-state index is 5.97. The molecular weight excluding hydrogens is 234 g/mol. The Morgan fingerprint density at radius 1 is 1.53 bits per heavy atom. The fourth-order valence-corrected chi connectivity index (χ4v) is 2.80. The third kappa shape index (κ3) is 2.05. The van der Waals surface area contributed by atoms with Crippen LogP contribution in [0.1, 0.15) is 18.7 Å². The Balaban J connectivity index is 1.90. The van der Waals surface area contributed by atoms with Gasteiger partial charge in [0.15, 0.2) is 0 Å². The molecule has 0 saturated carbocycles. The van der Waals surface area contributed by atoms with E-state index in [1.54, 1.807) is 0 Å². The van der Waals surface area contributed by atoms with E-state index in [0.29, 0.717) is 6.04 Å². The molecule has 90 valence electrons. The lowest BCUT2D eigenvalue weighted by molar-refractivity contribution is 0.305. The number of fused-ring (bicyclic) bond motifs is 1. The van der Waals surface area contributed by atoms with Gasteiger partial charge in [-0.2, -0.15) is 0 Å². The number of hydrogen-bond donors (Lipinski definition) is 0. The van der Waals surface area contributed by atoms with E-state index < -0.39 is 0 Å². The summed E-state index contributed by atoms with van der Waals surface area (Å²) in [6, 6.07) is 4.51. The first-order valence-corrected chi connectivity index (χ1v) is 6.43. The van der Waals surface area contributed by atoms with Crippen molar-refractivity contribution in [3.8, 4) is 0 Å². The second kappa shape index (κ2) is 4.31. The Labute approximate surface area is 106 Å². The first-order chi connectivity index (χ1) is 8.24. The van der Waals surface area contributed by atoms with Crippen LogP contribution in [0, 0.1) is 0 Å². The zero-order valence-electron chi connectivity index (χ0n) is 9.93. The lowest BCUT2D eigenvalue weighted by atomic mass is 10.1. The van der Waals surface area contributed by atoms with Gasteiger partial charge in [0.25, 0.3) is 0 Å². The molecule has 1 atom stereocenters. The second-order valence-corrected chi connectivity index (χ2v) is 5.23. The Hall–Kier alpha value is -1.06. The van der Waals surface area contributed by atoms with Gasteiger partial charge in [-0.15, -0.1) is 0 Å². The van der Waals surface area contributed by atoms with Gasteiger partial charge in [0, 0.05) is 23.7 Å². The Bertz CT molecular complexity index is 534. The molecule has 0 radical (unpaired) electrons. The van der Waals surface area contributed by atoms with E-state index in [-0.39, 0.29) is 0 Å². The summed E-state index contributed by atoms with van der Waals surface area (Å²) < 4.78 is 2.14. The molecule has 0 spiro atoms. The lowest BCUT2D eigenvalue weighted by Crippen LogP contribution is -2.27. The average Bonchev–Trinajstić information content (AvgIpc) is 2.87. The standard InChI is InChI=1S/C13H16ClN3/c1-16-5-2-3-11(16)8-13-15-9-12-7-10(14)4-6-17(12)13/h4,6-7,9,11H,2-3,5,8H2,1H3. The summed E-state index contributed by atoms with van der Waals surface area (Å²) in [4.78, 5) is 6.94. The third-order valence-corrected chi connectivity index (χ3v) is 3.90. The molecule has 0 aliphatic carbocycles. The van der Waals surface area contributed by atoms with E-state index in [1.165, 1.54) is 19.4 Å².